The van der Waals surface area contributed by atoms with Gasteiger partial charge in [-0.3, -0.25) is 0 Å². The minimum atomic E-state index is 1.10. The van der Waals surface area contributed by atoms with Gasteiger partial charge in [0.25, 0.3) is 0 Å². The second-order valence-electron chi connectivity index (χ2n) is 13.7. The molecule has 10 aromatic rings. The normalized spacial score (nSPS) is 11.3. The third-order valence-electron chi connectivity index (χ3n) is 10.5. The van der Waals surface area contributed by atoms with E-state index in [1.807, 2.05) is 11.3 Å². The van der Waals surface area contributed by atoms with E-state index in [4.69, 9.17) is 0 Å². The fraction of sp³-hybridized carbons (Fsp3) is 0. The van der Waals surface area contributed by atoms with Gasteiger partial charge >= 0.3 is 0 Å². The van der Waals surface area contributed by atoms with E-state index in [2.05, 4.69) is 217 Å². The van der Waals surface area contributed by atoms with Crippen LogP contribution in [0.2, 0.25) is 0 Å². The van der Waals surface area contributed by atoms with Crippen LogP contribution in [0.1, 0.15) is 0 Å². The predicted molar refractivity (Wildman–Crippen MR) is 233 cm³/mol. The summed E-state index contributed by atoms with van der Waals surface area (Å²) in [6, 6.07) is 77.2. The van der Waals surface area contributed by atoms with Gasteiger partial charge in [0, 0.05) is 37.0 Å². The van der Waals surface area contributed by atoms with E-state index in [0.717, 1.165) is 17.1 Å². The molecule has 0 aliphatic carbocycles. The summed E-state index contributed by atoms with van der Waals surface area (Å²) in [5.74, 6) is 0. The van der Waals surface area contributed by atoms with Crippen LogP contribution >= 0.6 is 11.3 Å². The lowest BCUT2D eigenvalue weighted by Gasteiger charge is -2.30. The van der Waals surface area contributed by atoms with Crippen LogP contribution in [0.3, 0.4) is 0 Å². The van der Waals surface area contributed by atoms with Crippen LogP contribution in [-0.4, -0.2) is 0 Å². The number of anilines is 3. The minimum Gasteiger partial charge on any atom is -0.309 e. The Morgan fingerprint density at radius 1 is 0.296 bits per heavy atom. The van der Waals surface area contributed by atoms with Crippen molar-refractivity contribution in [1.29, 1.82) is 0 Å². The van der Waals surface area contributed by atoms with Crippen LogP contribution in [0, 0.1) is 0 Å². The molecule has 0 saturated carbocycles. The van der Waals surface area contributed by atoms with Crippen molar-refractivity contribution in [3.05, 3.63) is 212 Å². The molecule has 2 heteroatoms. The molecule has 254 valence electrons. The Labute approximate surface area is 319 Å². The van der Waals surface area contributed by atoms with Crippen LogP contribution in [0.4, 0.5) is 17.1 Å². The van der Waals surface area contributed by atoms with Crippen LogP contribution in [0.25, 0.3) is 75.5 Å². The van der Waals surface area contributed by atoms with Gasteiger partial charge in [-0.1, -0.05) is 176 Å². The number of fused-ring (bicyclic) bond motifs is 4. The first-order valence-corrected chi connectivity index (χ1v) is 19.2. The van der Waals surface area contributed by atoms with E-state index in [9.17, 15) is 0 Å². The number of benzene rings is 9. The van der Waals surface area contributed by atoms with E-state index in [-0.39, 0.29) is 0 Å². The maximum absolute atomic E-state index is 2.45. The number of rotatable bonds is 7. The SMILES string of the molecule is c1ccc(-c2ccc(N(c3ccccc3-c3ccc4c(c3)sc3ccccc34)c3ccccc3-c3ccccc3-c3cccc4ccccc34)cc2)cc1. The summed E-state index contributed by atoms with van der Waals surface area (Å²) in [5.41, 5.74) is 12.9. The van der Waals surface area contributed by atoms with Crippen molar-refractivity contribution in [3.8, 4) is 44.5 Å². The number of hydrogen-bond donors (Lipinski definition) is 0. The Morgan fingerprint density at radius 3 is 1.61 bits per heavy atom. The summed E-state index contributed by atoms with van der Waals surface area (Å²) < 4.78 is 2.61. The molecule has 1 aromatic heterocycles. The first kappa shape index (κ1) is 32.0. The van der Waals surface area contributed by atoms with Crippen molar-refractivity contribution in [2.45, 2.75) is 0 Å². The third kappa shape index (κ3) is 5.65. The van der Waals surface area contributed by atoms with E-state index < -0.39 is 0 Å². The highest BCUT2D eigenvalue weighted by molar-refractivity contribution is 7.25. The van der Waals surface area contributed by atoms with Crippen LogP contribution in [0.5, 0.6) is 0 Å². The fourth-order valence-corrected chi connectivity index (χ4v) is 9.10. The molecular formula is C52H35NS. The monoisotopic (exact) mass is 705 g/mol. The Hall–Kier alpha value is -6.74. The topological polar surface area (TPSA) is 3.24 Å². The predicted octanol–water partition coefficient (Wildman–Crippen LogP) is 15.3. The third-order valence-corrected chi connectivity index (χ3v) is 11.6. The van der Waals surface area contributed by atoms with E-state index in [1.165, 1.54) is 75.5 Å². The minimum absolute atomic E-state index is 1.10. The van der Waals surface area contributed by atoms with E-state index >= 15 is 0 Å². The lowest BCUT2D eigenvalue weighted by molar-refractivity contribution is 1.28. The molecule has 0 unspecified atom stereocenters. The van der Waals surface area contributed by atoms with Gasteiger partial charge < -0.3 is 4.90 Å². The first-order chi connectivity index (χ1) is 26.8. The molecule has 0 aliphatic heterocycles. The second-order valence-corrected chi connectivity index (χ2v) is 14.7. The fourth-order valence-electron chi connectivity index (χ4n) is 7.96. The van der Waals surface area contributed by atoms with Gasteiger partial charge in [-0.2, -0.15) is 0 Å². The zero-order valence-corrected chi connectivity index (χ0v) is 30.4. The molecule has 0 fully saturated rings. The summed E-state index contributed by atoms with van der Waals surface area (Å²) in [6.07, 6.45) is 0. The van der Waals surface area contributed by atoms with Gasteiger partial charge in [0.05, 0.1) is 11.4 Å². The molecular weight excluding hydrogens is 671 g/mol. The average Bonchev–Trinajstić information content (AvgIpc) is 3.63. The molecule has 9 aromatic carbocycles. The Morgan fingerprint density at radius 2 is 0.815 bits per heavy atom. The number of para-hydroxylation sites is 2. The van der Waals surface area contributed by atoms with Gasteiger partial charge in [-0.25, -0.2) is 0 Å². The highest BCUT2D eigenvalue weighted by Gasteiger charge is 2.22. The smallest absolute Gasteiger partial charge is 0.0540 e. The Kier molecular flexibility index (Phi) is 8.09. The molecule has 1 heterocycles. The maximum atomic E-state index is 2.45. The molecule has 0 aliphatic rings. The molecule has 1 nitrogen and oxygen atoms in total. The summed E-state index contributed by atoms with van der Waals surface area (Å²) in [7, 11) is 0. The van der Waals surface area contributed by atoms with Crippen LogP contribution in [-0.2, 0) is 0 Å². The zero-order chi connectivity index (χ0) is 35.8. The van der Waals surface area contributed by atoms with Crippen molar-refractivity contribution < 1.29 is 0 Å². The average molecular weight is 706 g/mol. The van der Waals surface area contributed by atoms with Crippen molar-refractivity contribution >= 4 is 59.3 Å². The summed E-state index contributed by atoms with van der Waals surface area (Å²) in [4.78, 5) is 2.45. The van der Waals surface area contributed by atoms with Gasteiger partial charge in [0.1, 0.15) is 0 Å². The Bertz CT molecular complexity index is 2930. The van der Waals surface area contributed by atoms with Crippen molar-refractivity contribution in [2.75, 3.05) is 4.90 Å². The van der Waals surface area contributed by atoms with E-state index in [1.54, 1.807) is 0 Å². The van der Waals surface area contributed by atoms with Gasteiger partial charge in [0.2, 0.25) is 0 Å². The van der Waals surface area contributed by atoms with Gasteiger partial charge in [-0.15, -0.1) is 11.3 Å². The highest BCUT2D eigenvalue weighted by atomic mass is 32.1. The first-order valence-electron chi connectivity index (χ1n) is 18.4. The molecule has 54 heavy (non-hydrogen) atoms. The molecule has 0 bridgehead atoms. The molecule has 0 atom stereocenters. The number of hydrogen-bond acceptors (Lipinski definition) is 2. The molecule has 0 amide bonds. The number of thiophene rings is 1. The maximum Gasteiger partial charge on any atom is 0.0540 e. The lowest BCUT2D eigenvalue weighted by atomic mass is 9.90. The van der Waals surface area contributed by atoms with Crippen LogP contribution < -0.4 is 4.90 Å². The summed E-state index contributed by atoms with van der Waals surface area (Å²) >= 11 is 1.86. The summed E-state index contributed by atoms with van der Waals surface area (Å²) in [6.45, 7) is 0. The quantitative estimate of drug-likeness (QED) is 0.160. The van der Waals surface area contributed by atoms with Crippen molar-refractivity contribution in [2.24, 2.45) is 0 Å². The van der Waals surface area contributed by atoms with E-state index in [0.29, 0.717) is 0 Å². The highest BCUT2D eigenvalue weighted by Crippen LogP contribution is 2.48. The molecule has 10 rings (SSSR count). The molecule has 0 radical (unpaired) electrons. The summed E-state index contributed by atoms with van der Waals surface area (Å²) in [5, 5.41) is 5.11. The van der Waals surface area contributed by atoms with Gasteiger partial charge in [-0.05, 0) is 80.6 Å². The zero-order valence-electron chi connectivity index (χ0n) is 29.6. The largest absolute Gasteiger partial charge is 0.309 e. The van der Waals surface area contributed by atoms with Crippen LogP contribution in [0.15, 0.2) is 212 Å². The van der Waals surface area contributed by atoms with Gasteiger partial charge in [0.15, 0.2) is 0 Å². The lowest BCUT2D eigenvalue weighted by Crippen LogP contribution is -2.12. The van der Waals surface area contributed by atoms with Crippen molar-refractivity contribution in [3.63, 3.8) is 0 Å². The molecule has 0 saturated heterocycles. The second kappa shape index (κ2) is 13.7. The molecule has 0 spiro atoms. The molecule has 0 N–H and O–H groups in total. The standard InChI is InChI=1S/C52H35NS/c1-2-15-36(16-3-1)37-29-32-40(33-30-37)53(49-26-11-8-20-42(49)39-31-34-48-47-24-10-13-28-51(47)54-52(48)35-39)50-27-12-9-23-46(50)45-22-7-6-21-44(45)43-25-14-18-38-17-4-5-19-41(38)43/h1-35H. The number of nitrogens with zero attached hydrogens (tertiary/aromatic N) is 1. The Balaban J connectivity index is 1.19. The van der Waals surface area contributed by atoms with Crippen molar-refractivity contribution in [1.82, 2.24) is 0 Å².